The highest BCUT2D eigenvalue weighted by molar-refractivity contribution is 6.06. The monoisotopic (exact) mass is 324 g/mol. The highest BCUT2D eigenvalue weighted by Crippen LogP contribution is 2.28. The fourth-order valence-electron chi connectivity index (χ4n) is 2.72. The Kier molecular flexibility index (Phi) is 4.51. The first kappa shape index (κ1) is 16.1. The minimum absolute atomic E-state index is 0.289. The number of rotatable bonds is 4. The van der Waals surface area contributed by atoms with E-state index in [1.165, 1.54) is 7.11 Å². The standard InChI is InChI=1S/C19H20N2O3/c1-13-4-8-15(9-5-13)21-18(19(22)24-3)12-17(20-21)14-6-10-16(23-2)11-7-14/h4-11,18H,12H2,1-3H3. The molecule has 0 fully saturated rings. The normalized spacial score (nSPS) is 16.7. The van der Waals surface area contributed by atoms with Gasteiger partial charge in [-0.1, -0.05) is 17.7 Å². The molecule has 24 heavy (non-hydrogen) atoms. The Bertz CT molecular complexity index is 751. The Balaban J connectivity index is 1.94. The van der Waals surface area contributed by atoms with Gasteiger partial charge in [-0.3, -0.25) is 5.01 Å². The molecule has 1 atom stereocenters. The quantitative estimate of drug-likeness (QED) is 0.811. The van der Waals surface area contributed by atoms with Gasteiger partial charge in [-0.15, -0.1) is 0 Å². The van der Waals surface area contributed by atoms with E-state index in [1.807, 2.05) is 55.5 Å². The van der Waals surface area contributed by atoms with Crippen LogP contribution in [0.25, 0.3) is 0 Å². The number of nitrogens with zero attached hydrogens (tertiary/aromatic N) is 2. The van der Waals surface area contributed by atoms with Crippen molar-refractivity contribution < 1.29 is 14.3 Å². The van der Waals surface area contributed by atoms with Crippen molar-refractivity contribution in [2.75, 3.05) is 19.2 Å². The van der Waals surface area contributed by atoms with Crippen LogP contribution in [-0.4, -0.2) is 31.9 Å². The lowest BCUT2D eigenvalue weighted by molar-refractivity contribution is -0.141. The number of hydrogen-bond acceptors (Lipinski definition) is 5. The fourth-order valence-corrected chi connectivity index (χ4v) is 2.72. The van der Waals surface area contributed by atoms with Gasteiger partial charge in [0.25, 0.3) is 0 Å². The van der Waals surface area contributed by atoms with Crippen molar-refractivity contribution in [1.29, 1.82) is 0 Å². The summed E-state index contributed by atoms with van der Waals surface area (Å²) in [6, 6.07) is 15.2. The molecule has 1 aliphatic rings. The summed E-state index contributed by atoms with van der Waals surface area (Å²) in [6.07, 6.45) is 0.507. The van der Waals surface area contributed by atoms with Gasteiger partial charge in [0.1, 0.15) is 5.75 Å². The zero-order valence-corrected chi connectivity index (χ0v) is 14.0. The molecule has 1 aliphatic heterocycles. The third-order valence-electron chi connectivity index (χ3n) is 4.11. The van der Waals surface area contributed by atoms with Crippen molar-refractivity contribution >= 4 is 17.4 Å². The molecular formula is C19H20N2O3. The Morgan fingerprint density at radius 2 is 1.75 bits per heavy atom. The summed E-state index contributed by atoms with van der Waals surface area (Å²) in [5.74, 6) is 0.500. The summed E-state index contributed by atoms with van der Waals surface area (Å²) >= 11 is 0. The van der Waals surface area contributed by atoms with Crippen LogP contribution in [0.15, 0.2) is 53.6 Å². The smallest absolute Gasteiger partial charge is 0.331 e. The van der Waals surface area contributed by atoms with Crippen molar-refractivity contribution in [2.24, 2.45) is 5.10 Å². The lowest BCUT2D eigenvalue weighted by atomic mass is 10.0. The van der Waals surface area contributed by atoms with Crippen molar-refractivity contribution in [3.05, 3.63) is 59.7 Å². The average molecular weight is 324 g/mol. The molecule has 2 aromatic carbocycles. The first-order valence-electron chi connectivity index (χ1n) is 7.78. The van der Waals surface area contributed by atoms with E-state index >= 15 is 0 Å². The van der Waals surface area contributed by atoms with E-state index in [9.17, 15) is 4.79 Å². The zero-order valence-electron chi connectivity index (χ0n) is 14.0. The summed E-state index contributed by atoms with van der Waals surface area (Å²) in [6.45, 7) is 2.03. The van der Waals surface area contributed by atoms with Gasteiger partial charge in [-0.25, -0.2) is 4.79 Å². The van der Waals surface area contributed by atoms with Crippen LogP contribution >= 0.6 is 0 Å². The van der Waals surface area contributed by atoms with E-state index in [0.717, 1.165) is 28.3 Å². The van der Waals surface area contributed by atoms with Gasteiger partial charge in [-0.05, 0) is 48.9 Å². The van der Waals surface area contributed by atoms with Gasteiger partial charge in [0.15, 0.2) is 6.04 Å². The molecule has 5 heteroatoms. The molecule has 1 heterocycles. The maximum absolute atomic E-state index is 12.2. The molecule has 124 valence electrons. The van der Waals surface area contributed by atoms with Crippen molar-refractivity contribution in [3.8, 4) is 5.75 Å². The van der Waals surface area contributed by atoms with E-state index in [2.05, 4.69) is 5.10 Å². The topological polar surface area (TPSA) is 51.1 Å². The number of ether oxygens (including phenoxy) is 2. The zero-order chi connectivity index (χ0) is 17.1. The maximum atomic E-state index is 12.2. The van der Waals surface area contributed by atoms with Gasteiger partial charge in [0.2, 0.25) is 0 Å². The second-order valence-electron chi connectivity index (χ2n) is 5.70. The van der Waals surface area contributed by atoms with Crippen molar-refractivity contribution in [2.45, 2.75) is 19.4 Å². The first-order chi connectivity index (χ1) is 11.6. The van der Waals surface area contributed by atoms with Gasteiger partial charge in [-0.2, -0.15) is 5.10 Å². The summed E-state index contributed by atoms with van der Waals surface area (Å²) in [5.41, 5.74) is 3.86. The van der Waals surface area contributed by atoms with Gasteiger partial charge >= 0.3 is 5.97 Å². The third-order valence-corrected chi connectivity index (χ3v) is 4.11. The van der Waals surface area contributed by atoms with Gasteiger partial charge in [0, 0.05) is 6.42 Å². The molecule has 0 spiro atoms. The van der Waals surface area contributed by atoms with E-state index in [-0.39, 0.29) is 5.97 Å². The maximum Gasteiger partial charge on any atom is 0.331 e. The average Bonchev–Trinajstić information content (AvgIpc) is 3.07. The van der Waals surface area contributed by atoms with Crippen LogP contribution in [0.5, 0.6) is 5.75 Å². The molecule has 0 saturated carbocycles. The molecule has 0 amide bonds. The number of hydrogen-bond donors (Lipinski definition) is 0. The molecule has 3 rings (SSSR count). The largest absolute Gasteiger partial charge is 0.497 e. The summed E-state index contributed by atoms with van der Waals surface area (Å²) < 4.78 is 10.1. The molecule has 0 radical (unpaired) electrons. The fraction of sp³-hybridized carbons (Fsp3) is 0.263. The first-order valence-corrected chi connectivity index (χ1v) is 7.78. The number of benzene rings is 2. The number of carbonyl (C=O) groups is 1. The molecule has 0 saturated heterocycles. The molecule has 0 bridgehead atoms. The summed E-state index contributed by atoms with van der Waals surface area (Å²) in [4.78, 5) is 12.2. The predicted molar refractivity (Wildman–Crippen MR) is 93.6 cm³/mol. The number of esters is 1. The Hall–Kier alpha value is -2.82. The number of aryl methyl sites for hydroxylation is 1. The number of carbonyl (C=O) groups excluding carboxylic acids is 1. The number of hydrazone groups is 1. The molecular weight excluding hydrogens is 304 g/mol. The van der Waals surface area contributed by atoms with Crippen LogP contribution in [0, 0.1) is 6.92 Å². The summed E-state index contributed by atoms with van der Waals surface area (Å²) in [7, 11) is 3.04. The molecule has 2 aromatic rings. The van der Waals surface area contributed by atoms with Crippen LogP contribution in [0.2, 0.25) is 0 Å². The lowest BCUT2D eigenvalue weighted by Crippen LogP contribution is -2.35. The molecule has 1 unspecified atom stereocenters. The van der Waals surface area contributed by atoms with Crippen LogP contribution in [-0.2, 0) is 9.53 Å². The molecule has 0 aromatic heterocycles. The highest BCUT2D eigenvalue weighted by Gasteiger charge is 2.34. The molecule has 0 aliphatic carbocycles. The number of anilines is 1. The van der Waals surface area contributed by atoms with E-state index in [0.29, 0.717) is 6.42 Å². The van der Waals surface area contributed by atoms with Crippen molar-refractivity contribution in [1.82, 2.24) is 0 Å². The van der Waals surface area contributed by atoms with E-state index in [4.69, 9.17) is 9.47 Å². The van der Waals surface area contributed by atoms with Crippen LogP contribution in [0.3, 0.4) is 0 Å². The lowest BCUT2D eigenvalue weighted by Gasteiger charge is -2.21. The number of methoxy groups -OCH3 is 2. The Labute approximate surface area is 141 Å². The minimum Gasteiger partial charge on any atom is -0.497 e. The van der Waals surface area contributed by atoms with E-state index in [1.54, 1.807) is 12.1 Å². The van der Waals surface area contributed by atoms with Crippen LogP contribution < -0.4 is 9.75 Å². The highest BCUT2D eigenvalue weighted by atomic mass is 16.5. The Morgan fingerprint density at radius 3 is 2.33 bits per heavy atom. The third kappa shape index (κ3) is 3.11. The van der Waals surface area contributed by atoms with Gasteiger partial charge in [0.05, 0.1) is 25.6 Å². The minimum atomic E-state index is -0.449. The second-order valence-corrected chi connectivity index (χ2v) is 5.70. The van der Waals surface area contributed by atoms with Crippen LogP contribution in [0.1, 0.15) is 17.5 Å². The summed E-state index contributed by atoms with van der Waals surface area (Å²) in [5, 5.41) is 6.41. The van der Waals surface area contributed by atoms with Gasteiger partial charge < -0.3 is 9.47 Å². The van der Waals surface area contributed by atoms with E-state index < -0.39 is 6.04 Å². The molecule has 0 N–H and O–H groups in total. The van der Waals surface area contributed by atoms with Crippen molar-refractivity contribution in [3.63, 3.8) is 0 Å². The predicted octanol–water partition coefficient (Wildman–Crippen LogP) is 3.16. The SMILES string of the molecule is COC(=O)C1CC(c2ccc(OC)cc2)=NN1c1ccc(C)cc1. The molecule has 5 nitrogen and oxygen atoms in total. The second kappa shape index (κ2) is 6.74. The Morgan fingerprint density at radius 1 is 1.08 bits per heavy atom. The van der Waals surface area contributed by atoms with Crippen LogP contribution in [0.4, 0.5) is 5.69 Å².